The van der Waals surface area contributed by atoms with Crippen LogP contribution in [0.1, 0.15) is 21.6 Å². The van der Waals surface area contributed by atoms with E-state index in [4.69, 9.17) is 14.2 Å². The van der Waals surface area contributed by atoms with Gasteiger partial charge in [-0.3, -0.25) is 4.79 Å². The molecule has 6 nitrogen and oxygen atoms in total. The van der Waals surface area contributed by atoms with E-state index in [1.807, 2.05) is 29.6 Å². The van der Waals surface area contributed by atoms with Gasteiger partial charge in [-0.25, -0.2) is 4.98 Å². The van der Waals surface area contributed by atoms with E-state index < -0.39 is 0 Å². The average Bonchev–Trinajstić information content (AvgIpc) is 3.24. The number of methoxy groups -OCH3 is 2. The van der Waals surface area contributed by atoms with Gasteiger partial charge < -0.3 is 19.5 Å². The summed E-state index contributed by atoms with van der Waals surface area (Å²) in [7, 11) is 3.16. The summed E-state index contributed by atoms with van der Waals surface area (Å²) in [5.74, 6) is 1.63. The third kappa shape index (κ3) is 4.98. The summed E-state index contributed by atoms with van der Waals surface area (Å²) in [5, 5.41) is 4.82. The number of rotatable bonds is 8. The van der Waals surface area contributed by atoms with Gasteiger partial charge in [-0.15, -0.1) is 11.3 Å². The number of benzene rings is 2. The third-order valence-electron chi connectivity index (χ3n) is 3.87. The highest BCUT2D eigenvalue weighted by molar-refractivity contribution is 7.07. The minimum absolute atomic E-state index is 0.192. The molecule has 0 fully saturated rings. The van der Waals surface area contributed by atoms with Crippen molar-refractivity contribution in [1.29, 1.82) is 0 Å². The van der Waals surface area contributed by atoms with Gasteiger partial charge in [0.25, 0.3) is 5.91 Å². The molecule has 0 radical (unpaired) electrons. The van der Waals surface area contributed by atoms with Crippen molar-refractivity contribution < 1.29 is 19.0 Å². The summed E-state index contributed by atoms with van der Waals surface area (Å²) in [6.45, 7) is 0.752. The van der Waals surface area contributed by atoms with Crippen molar-refractivity contribution in [3.05, 3.63) is 70.2 Å². The van der Waals surface area contributed by atoms with Crippen molar-refractivity contribution in [3.63, 3.8) is 0 Å². The van der Waals surface area contributed by atoms with Crippen molar-refractivity contribution in [2.75, 3.05) is 14.2 Å². The van der Waals surface area contributed by atoms with E-state index in [1.54, 1.807) is 37.9 Å². The summed E-state index contributed by atoms with van der Waals surface area (Å²) in [4.78, 5) is 16.6. The van der Waals surface area contributed by atoms with Crippen molar-refractivity contribution in [2.45, 2.75) is 13.2 Å². The van der Waals surface area contributed by atoms with Crippen LogP contribution in [0.25, 0.3) is 0 Å². The molecule has 3 aromatic rings. The van der Waals surface area contributed by atoms with E-state index in [-0.39, 0.29) is 5.91 Å². The second kappa shape index (κ2) is 9.05. The van der Waals surface area contributed by atoms with Crippen LogP contribution in [-0.4, -0.2) is 25.1 Å². The number of nitrogens with one attached hydrogen (secondary N) is 1. The number of ether oxygens (including phenoxy) is 3. The zero-order valence-electron chi connectivity index (χ0n) is 15.1. The van der Waals surface area contributed by atoms with Crippen LogP contribution >= 0.6 is 11.3 Å². The quantitative estimate of drug-likeness (QED) is 0.642. The summed E-state index contributed by atoms with van der Waals surface area (Å²) in [6, 6.07) is 12.7. The zero-order valence-corrected chi connectivity index (χ0v) is 15.9. The standard InChI is InChI=1S/C20H20N2O4S/c1-24-17-5-3-4-14(8-17)10-21-20(23)15-6-7-18(19(9-15)25-2)26-11-16-12-27-13-22-16/h3-9,12-13H,10-11H2,1-2H3,(H,21,23). The lowest BCUT2D eigenvalue weighted by Gasteiger charge is -2.12. The molecular formula is C20H20N2O4S. The third-order valence-corrected chi connectivity index (χ3v) is 4.51. The van der Waals surface area contributed by atoms with E-state index in [2.05, 4.69) is 10.3 Å². The molecule has 0 atom stereocenters. The first-order valence-corrected chi connectivity index (χ1v) is 9.23. The monoisotopic (exact) mass is 384 g/mol. The van der Waals surface area contributed by atoms with Gasteiger partial charge in [0, 0.05) is 17.5 Å². The molecule has 1 aromatic heterocycles. The SMILES string of the molecule is COc1cccc(CNC(=O)c2ccc(OCc3cscn3)c(OC)c2)c1. The van der Waals surface area contributed by atoms with Crippen LogP contribution in [0.3, 0.4) is 0 Å². The normalized spacial score (nSPS) is 10.3. The van der Waals surface area contributed by atoms with Crippen LogP contribution < -0.4 is 19.5 Å². The number of aromatic nitrogens is 1. The number of nitrogens with zero attached hydrogens (tertiary/aromatic N) is 1. The molecule has 1 heterocycles. The largest absolute Gasteiger partial charge is 0.497 e. The molecule has 0 unspecified atom stereocenters. The molecule has 140 valence electrons. The van der Waals surface area contributed by atoms with E-state index in [1.165, 1.54) is 11.3 Å². The molecule has 7 heteroatoms. The fraction of sp³-hybridized carbons (Fsp3) is 0.200. The number of hydrogen-bond acceptors (Lipinski definition) is 6. The highest BCUT2D eigenvalue weighted by Crippen LogP contribution is 2.29. The van der Waals surface area contributed by atoms with Gasteiger partial charge in [-0.1, -0.05) is 12.1 Å². The zero-order chi connectivity index (χ0) is 19.1. The number of hydrogen-bond donors (Lipinski definition) is 1. The molecule has 2 aromatic carbocycles. The van der Waals surface area contributed by atoms with Gasteiger partial charge in [0.1, 0.15) is 12.4 Å². The average molecular weight is 384 g/mol. The molecule has 0 aliphatic carbocycles. The summed E-state index contributed by atoms with van der Waals surface area (Å²) >= 11 is 1.51. The summed E-state index contributed by atoms with van der Waals surface area (Å²) in [6.07, 6.45) is 0. The second-order valence-electron chi connectivity index (χ2n) is 5.67. The van der Waals surface area contributed by atoms with Crippen molar-refractivity contribution >= 4 is 17.2 Å². The molecule has 3 rings (SSSR count). The number of amides is 1. The Balaban J connectivity index is 1.63. The molecule has 1 N–H and O–H groups in total. The highest BCUT2D eigenvalue weighted by Gasteiger charge is 2.12. The molecule has 27 heavy (non-hydrogen) atoms. The predicted molar refractivity (Wildman–Crippen MR) is 104 cm³/mol. The highest BCUT2D eigenvalue weighted by atomic mass is 32.1. The number of carbonyl (C=O) groups is 1. The minimum atomic E-state index is -0.192. The minimum Gasteiger partial charge on any atom is -0.497 e. The Hall–Kier alpha value is -3.06. The van der Waals surface area contributed by atoms with Crippen molar-refractivity contribution in [2.24, 2.45) is 0 Å². The molecule has 0 saturated carbocycles. The molecular weight excluding hydrogens is 364 g/mol. The summed E-state index contributed by atoms with van der Waals surface area (Å²) < 4.78 is 16.3. The van der Waals surface area contributed by atoms with E-state index in [0.717, 1.165) is 17.0 Å². The molecule has 0 aliphatic heterocycles. The van der Waals surface area contributed by atoms with Crippen LogP contribution in [0.4, 0.5) is 0 Å². The Labute approximate surface area is 161 Å². The van der Waals surface area contributed by atoms with Gasteiger partial charge in [-0.2, -0.15) is 0 Å². The number of carbonyl (C=O) groups excluding carboxylic acids is 1. The Morgan fingerprint density at radius 3 is 2.74 bits per heavy atom. The van der Waals surface area contributed by atoms with Crippen LogP contribution in [0.2, 0.25) is 0 Å². The van der Waals surface area contributed by atoms with Gasteiger partial charge >= 0.3 is 0 Å². The number of thiazole rings is 1. The lowest BCUT2D eigenvalue weighted by atomic mass is 10.1. The van der Waals surface area contributed by atoms with Gasteiger partial charge in [0.05, 0.1) is 25.4 Å². The van der Waals surface area contributed by atoms with E-state index in [0.29, 0.717) is 30.2 Å². The van der Waals surface area contributed by atoms with Crippen LogP contribution in [0.5, 0.6) is 17.2 Å². The van der Waals surface area contributed by atoms with Crippen molar-refractivity contribution in [1.82, 2.24) is 10.3 Å². The van der Waals surface area contributed by atoms with Gasteiger partial charge in [0.2, 0.25) is 0 Å². The summed E-state index contributed by atoms with van der Waals surface area (Å²) in [5.41, 5.74) is 4.06. The van der Waals surface area contributed by atoms with Crippen LogP contribution in [0, 0.1) is 0 Å². The Morgan fingerprint density at radius 1 is 1.11 bits per heavy atom. The molecule has 0 aliphatic rings. The Morgan fingerprint density at radius 2 is 2.00 bits per heavy atom. The second-order valence-corrected chi connectivity index (χ2v) is 6.39. The maximum absolute atomic E-state index is 12.4. The first kappa shape index (κ1) is 18.7. The lowest BCUT2D eigenvalue weighted by Crippen LogP contribution is -2.22. The topological polar surface area (TPSA) is 69.7 Å². The van der Waals surface area contributed by atoms with Crippen LogP contribution in [-0.2, 0) is 13.2 Å². The lowest BCUT2D eigenvalue weighted by molar-refractivity contribution is 0.0950. The first-order chi connectivity index (χ1) is 13.2. The Bertz CT molecular complexity index is 897. The maximum Gasteiger partial charge on any atom is 0.251 e. The molecule has 1 amide bonds. The van der Waals surface area contributed by atoms with E-state index in [9.17, 15) is 4.79 Å². The molecule has 0 bridgehead atoms. The fourth-order valence-corrected chi connectivity index (χ4v) is 3.00. The molecule has 0 saturated heterocycles. The smallest absolute Gasteiger partial charge is 0.251 e. The fourth-order valence-electron chi connectivity index (χ4n) is 2.46. The predicted octanol–water partition coefficient (Wildman–Crippen LogP) is 3.67. The van der Waals surface area contributed by atoms with Crippen molar-refractivity contribution in [3.8, 4) is 17.2 Å². The first-order valence-electron chi connectivity index (χ1n) is 8.28. The van der Waals surface area contributed by atoms with Gasteiger partial charge in [0.15, 0.2) is 11.5 Å². The Kier molecular flexibility index (Phi) is 6.27. The molecule has 0 spiro atoms. The maximum atomic E-state index is 12.4. The van der Waals surface area contributed by atoms with Crippen LogP contribution in [0.15, 0.2) is 53.4 Å². The van der Waals surface area contributed by atoms with Gasteiger partial charge in [-0.05, 0) is 35.9 Å². The van der Waals surface area contributed by atoms with E-state index >= 15 is 0 Å².